The molecule has 3 rings (SSSR count). The molecule has 0 aliphatic rings. The lowest BCUT2D eigenvalue weighted by atomic mass is 10.1. The molecule has 0 saturated heterocycles. The van der Waals surface area contributed by atoms with E-state index < -0.39 is 20.1 Å². The molecular formula is C29H39N3O6Si. The zero-order valence-electron chi connectivity index (χ0n) is 24.2. The lowest BCUT2D eigenvalue weighted by molar-refractivity contribution is -0.0915. The van der Waals surface area contributed by atoms with Gasteiger partial charge in [0.15, 0.2) is 19.9 Å². The zero-order valence-corrected chi connectivity index (χ0v) is 25.2. The van der Waals surface area contributed by atoms with E-state index >= 15 is 0 Å². The van der Waals surface area contributed by atoms with Crippen LogP contribution in [0.3, 0.4) is 0 Å². The molecule has 0 aliphatic heterocycles. The first-order valence-corrected chi connectivity index (χ1v) is 15.8. The second kappa shape index (κ2) is 11.6. The normalized spacial score (nSPS) is 12.1. The first-order valence-electron chi connectivity index (χ1n) is 12.9. The van der Waals surface area contributed by atoms with Gasteiger partial charge in [0.1, 0.15) is 17.2 Å². The number of carbonyl (C=O) groups excluding carboxylic acids is 2. The second-order valence-electron chi connectivity index (χ2n) is 11.2. The number of aromatic nitrogens is 2. The molecule has 0 spiro atoms. The summed E-state index contributed by atoms with van der Waals surface area (Å²) in [6.45, 7) is 16.6. The third-order valence-electron chi connectivity index (χ3n) is 6.37. The van der Waals surface area contributed by atoms with Gasteiger partial charge in [0.25, 0.3) is 5.91 Å². The van der Waals surface area contributed by atoms with Crippen LogP contribution in [0, 0.1) is 0 Å². The Morgan fingerprint density at radius 2 is 1.56 bits per heavy atom. The molecule has 210 valence electrons. The van der Waals surface area contributed by atoms with E-state index in [1.165, 1.54) is 0 Å². The molecule has 1 aromatic heterocycles. The topological polar surface area (TPSA) is 101 Å². The fraction of sp³-hybridized carbons (Fsp3) is 0.414. The van der Waals surface area contributed by atoms with Crippen LogP contribution in [0.2, 0.25) is 18.1 Å². The van der Waals surface area contributed by atoms with Gasteiger partial charge in [-0.05, 0) is 75.3 Å². The van der Waals surface area contributed by atoms with E-state index in [4.69, 9.17) is 18.6 Å². The number of hydrogen-bond acceptors (Lipinski definition) is 7. The van der Waals surface area contributed by atoms with Gasteiger partial charge in [0, 0.05) is 30.9 Å². The quantitative estimate of drug-likeness (QED) is 0.168. The van der Waals surface area contributed by atoms with Gasteiger partial charge >= 0.3 is 5.97 Å². The second-order valence-corrected chi connectivity index (χ2v) is 16.0. The summed E-state index contributed by atoms with van der Waals surface area (Å²) in [5.74, 6) is -0.0455. The Morgan fingerprint density at radius 3 is 2.13 bits per heavy atom. The summed E-state index contributed by atoms with van der Waals surface area (Å²) in [6, 6.07) is 13.2. The van der Waals surface area contributed by atoms with Crippen LogP contribution >= 0.6 is 0 Å². The van der Waals surface area contributed by atoms with Crippen LogP contribution in [0.4, 0.5) is 5.82 Å². The van der Waals surface area contributed by atoms with Crippen molar-refractivity contribution in [3.8, 4) is 17.2 Å². The summed E-state index contributed by atoms with van der Waals surface area (Å²) >= 11 is 0. The molecule has 10 heteroatoms. The summed E-state index contributed by atoms with van der Waals surface area (Å²) in [5, 5.41) is 7.00. The SMILES string of the molecule is CCOC(=O)c1ccc(Oc2cc(OC(C)(C)O[Si](C)(C)C(C)(C)C)cc(C(=O)Nc3ccn(C)n3)c2)cc1. The van der Waals surface area contributed by atoms with E-state index in [1.54, 1.807) is 73.4 Å². The smallest absolute Gasteiger partial charge is 0.338 e. The number of nitrogens with zero attached hydrogens (tertiary/aromatic N) is 2. The molecule has 0 unspecified atom stereocenters. The molecular weight excluding hydrogens is 514 g/mol. The molecule has 1 N–H and O–H groups in total. The minimum absolute atomic E-state index is 0.0119. The monoisotopic (exact) mass is 553 g/mol. The van der Waals surface area contributed by atoms with Gasteiger partial charge < -0.3 is 24.0 Å². The summed E-state index contributed by atoms with van der Waals surface area (Å²) in [5.41, 5.74) is 0.737. The Morgan fingerprint density at radius 1 is 0.923 bits per heavy atom. The number of aryl methyl sites for hydroxylation is 1. The van der Waals surface area contributed by atoms with E-state index in [0.717, 1.165) is 0 Å². The highest BCUT2D eigenvalue weighted by molar-refractivity contribution is 6.74. The highest BCUT2D eigenvalue weighted by Gasteiger charge is 2.42. The predicted molar refractivity (Wildman–Crippen MR) is 153 cm³/mol. The highest BCUT2D eigenvalue weighted by Crippen LogP contribution is 2.40. The maximum absolute atomic E-state index is 13.1. The summed E-state index contributed by atoms with van der Waals surface area (Å²) in [7, 11) is -0.386. The van der Waals surface area contributed by atoms with Gasteiger partial charge in [-0.15, -0.1) is 0 Å². The Balaban J connectivity index is 1.91. The van der Waals surface area contributed by atoms with Crippen molar-refractivity contribution in [1.29, 1.82) is 0 Å². The van der Waals surface area contributed by atoms with E-state index in [9.17, 15) is 9.59 Å². The van der Waals surface area contributed by atoms with Crippen LogP contribution in [0.15, 0.2) is 54.7 Å². The van der Waals surface area contributed by atoms with Crippen LogP contribution in [0.5, 0.6) is 17.2 Å². The van der Waals surface area contributed by atoms with Gasteiger partial charge in [-0.1, -0.05) is 20.8 Å². The van der Waals surface area contributed by atoms with Crippen molar-refractivity contribution in [3.05, 3.63) is 65.9 Å². The predicted octanol–water partition coefficient (Wildman–Crippen LogP) is 6.78. The van der Waals surface area contributed by atoms with Crippen LogP contribution in [-0.2, 0) is 16.2 Å². The zero-order chi connectivity index (χ0) is 29.0. The fourth-order valence-electron chi connectivity index (χ4n) is 3.57. The Bertz CT molecular complexity index is 1310. The van der Waals surface area contributed by atoms with Gasteiger partial charge in [0.2, 0.25) is 0 Å². The molecule has 1 amide bonds. The van der Waals surface area contributed by atoms with Crippen LogP contribution in [0.25, 0.3) is 0 Å². The summed E-state index contributed by atoms with van der Waals surface area (Å²) < 4.78 is 25.5. The van der Waals surface area contributed by atoms with E-state index in [-0.39, 0.29) is 10.9 Å². The average molecular weight is 554 g/mol. The summed E-state index contributed by atoms with van der Waals surface area (Å²) in [6.07, 6.45) is 1.74. The first-order chi connectivity index (χ1) is 18.1. The lowest BCUT2D eigenvalue weighted by Crippen LogP contribution is -2.49. The number of amides is 1. The molecule has 1 heterocycles. The maximum atomic E-state index is 13.1. The number of rotatable bonds is 10. The minimum atomic E-state index is -2.16. The molecule has 39 heavy (non-hydrogen) atoms. The van der Waals surface area contributed by atoms with Crippen molar-refractivity contribution < 1.29 is 28.2 Å². The van der Waals surface area contributed by atoms with Crippen molar-refractivity contribution in [2.45, 2.75) is 65.5 Å². The standard InChI is InChI=1S/C29H39N3O6Si/c1-10-35-27(34)20-11-13-22(14-12-20)36-23-17-21(26(33)30-25-15-16-32(7)31-25)18-24(19-23)37-29(5,6)38-39(8,9)28(2,3)4/h11-19H,10H2,1-9H3,(H,30,31,33). The highest BCUT2D eigenvalue weighted by atomic mass is 28.4. The number of ether oxygens (including phenoxy) is 3. The molecule has 3 aromatic rings. The van der Waals surface area contributed by atoms with Crippen molar-refractivity contribution in [2.24, 2.45) is 7.05 Å². The third-order valence-corrected chi connectivity index (χ3v) is 11.0. The van der Waals surface area contributed by atoms with Gasteiger partial charge in [0.05, 0.1) is 12.2 Å². The lowest BCUT2D eigenvalue weighted by Gasteiger charge is -2.42. The number of benzene rings is 2. The number of nitrogens with one attached hydrogen (secondary N) is 1. The van der Waals surface area contributed by atoms with Crippen molar-refractivity contribution >= 4 is 26.0 Å². The molecule has 0 atom stereocenters. The van der Waals surface area contributed by atoms with Crippen LogP contribution in [0.1, 0.15) is 62.3 Å². The van der Waals surface area contributed by atoms with E-state index in [2.05, 4.69) is 44.3 Å². The Kier molecular flexibility index (Phi) is 8.92. The molecule has 2 aromatic carbocycles. The molecule has 0 fully saturated rings. The first kappa shape index (κ1) is 29.9. The van der Waals surface area contributed by atoms with E-state index in [0.29, 0.717) is 40.8 Å². The van der Waals surface area contributed by atoms with Crippen molar-refractivity contribution in [1.82, 2.24) is 9.78 Å². The average Bonchev–Trinajstić information content (AvgIpc) is 3.22. The van der Waals surface area contributed by atoms with Gasteiger partial charge in [-0.25, -0.2) is 4.79 Å². The largest absolute Gasteiger partial charge is 0.464 e. The maximum Gasteiger partial charge on any atom is 0.338 e. The molecule has 0 bridgehead atoms. The van der Waals surface area contributed by atoms with Crippen LogP contribution < -0.4 is 14.8 Å². The van der Waals surface area contributed by atoms with Gasteiger partial charge in [-0.2, -0.15) is 5.10 Å². The van der Waals surface area contributed by atoms with Crippen molar-refractivity contribution in [2.75, 3.05) is 11.9 Å². The Labute approximate surface area is 231 Å². The molecule has 0 aliphatic carbocycles. The number of hydrogen-bond donors (Lipinski definition) is 1. The summed E-state index contributed by atoms with van der Waals surface area (Å²) in [4.78, 5) is 25.1. The fourth-order valence-corrected chi connectivity index (χ4v) is 5.15. The Hall–Kier alpha value is -3.63. The molecule has 0 saturated carbocycles. The van der Waals surface area contributed by atoms with Crippen molar-refractivity contribution in [3.63, 3.8) is 0 Å². The number of anilines is 1. The molecule has 0 radical (unpaired) electrons. The number of esters is 1. The van der Waals surface area contributed by atoms with Gasteiger partial charge in [-0.3, -0.25) is 9.48 Å². The number of carbonyl (C=O) groups is 2. The van der Waals surface area contributed by atoms with Crippen LogP contribution in [-0.4, -0.2) is 42.4 Å². The van der Waals surface area contributed by atoms with E-state index in [1.807, 2.05) is 13.8 Å². The molecule has 9 nitrogen and oxygen atoms in total. The third kappa shape index (κ3) is 8.17. The minimum Gasteiger partial charge on any atom is -0.464 e.